The molecule has 0 saturated carbocycles. The number of benzene rings is 1. The number of hydrogen-bond acceptors (Lipinski definition) is 8. The molecular formula is C22H25N5O4. The number of aromatic amines is 1. The maximum absolute atomic E-state index is 12.7. The first kappa shape index (κ1) is 20.8. The van der Waals surface area contributed by atoms with Crippen LogP contribution in [0.3, 0.4) is 0 Å². The van der Waals surface area contributed by atoms with Crippen LogP contribution in [0.2, 0.25) is 0 Å². The van der Waals surface area contributed by atoms with E-state index in [-0.39, 0.29) is 5.56 Å². The predicted molar refractivity (Wildman–Crippen MR) is 115 cm³/mol. The molecule has 0 atom stereocenters. The molecule has 1 aliphatic rings. The Hall–Kier alpha value is -3.46. The predicted octanol–water partition coefficient (Wildman–Crippen LogP) is 1.85. The fourth-order valence-corrected chi connectivity index (χ4v) is 3.84. The van der Waals surface area contributed by atoms with Crippen molar-refractivity contribution in [3.8, 4) is 28.8 Å². The third-order valence-electron chi connectivity index (χ3n) is 5.38. The lowest BCUT2D eigenvalue weighted by Gasteiger charge is -2.21. The Bertz CT molecular complexity index is 1090. The molecule has 4 rings (SSSR count). The number of rotatable bonds is 6. The van der Waals surface area contributed by atoms with E-state index in [1.165, 1.54) is 0 Å². The fraction of sp³-hybridized carbons (Fsp3) is 0.364. The summed E-state index contributed by atoms with van der Waals surface area (Å²) < 4.78 is 16.3. The van der Waals surface area contributed by atoms with Crippen molar-refractivity contribution in [3.63, 3.8) is 0 Å². The highest BCUT2D eigenvalue weighted by molar-refractivity contribution is 5.54. The van der Waals surface area contributed by atoms with E-state index in [4.69, 9.17) is 14.2 Å². The Morgan fingerprint density at radius 1 is 1.03 bits per heavy atom. The van der Waals surface area contributed by atoms with E-state index in [2.05, 4.69) is 24.8 Å². The largest absolute Gasteiger partial charge is 0.493 e. The standard InChI is InChI=1S/C22H25N5O4/c1-29-18-10-14(11-19(30-2)20(18)31-3)13-27-8-4-15-16(5-9-27)25-21(26-22(15)28)17-12-23-6-7-24-17/h6-7,10-12H,4-5,8-9,13H2,1-3H3,(H,25,26,28). The summed E-state index contributed by atoms with van der Waals surface area (Å²) in [6.07, 6.45) is 6.07. The SMILES string of the molecule is COc1cc(CN2CCc3nc(-c4cnccn4)[nH]c(=O)c3CC2)cc(OC)c1OC. The molecule has 0 spiro atoms. The summed E-state index contributed by atoms with van der Waals surface area (Å²) in [4.78, 5) is 30.8. The third-order valence-corrected chi connectivity index (χ3v) is 5.38. The van der Waals surface area contributed by atoms with Crippen molar-refractivity contribution in [1.29, 1.82) is 0 Å². The molecule has 0 aliphatic carbocycles. The van der Waals surface area contributed by atoms with Crippen LogP contribution in [0.4, 0.5) is 0 Å². The van der Waals surface area contributed by atoms with Crippen LogP contribution in [-0.4, -0.2) is 59.3 Å². The van der Waals surface area contributed by atoms with E-state index < -0.39 is 0 Å². The number of ether oxygens (including phenoxy) is 3. The van der Waals surface area contributed by atoms with Gasteiger partial charge >= 0.3 is 0 Å². The van der Waals surface area contributed by atoms with E-state index in [9.17, 15) is 4.79 Å². The summed E-state index contributed by atoms with van der Waals surface area (Å²) in [6, 6.07) is 3.91. The number of nitrogens with one attached hydrogen (secondary N) is 1. The molecule has 0 saturated heterocycles. The van der Waals surface area contributed by atoms with Crippen molar-refractivity contribution in [3.05, 3.63) is 57.9 Å². The maximum Gasteiger partial charge on any atom is 0.254 e. The van der Waals surface area contributed by atoms with Crippen molar-refractivity contribution in [1.82, 2.24) is 24.8 Å². The van der Waals surface area contributed by atoms with E-state index in [1.807, 2.05) is 12.1 Å². The van der Waals surface area contributed by atoms with Crippen LogP contribution >= 0.6 is 0 Å². The molecule has 1 aliphatic heterocycles. The molecule has 0 radical (unpaired) electrons. The van der Waals surface area contributed by atoms with Gasteiger partial charge in [0.05, 0.1) is 33.2 Å². The molecule has 1 aromatic carbocycles. The van der Waals surface area contributed by atoms with Crippen LogP contribution in [0.25, 0.3) is 11.5 Å². The van der Waals surface area contributed by atoms with Gasteiger partial charge in [-0.15, -0.1) is 0 Å². The van der Waals surface area contributed by atoms with Gasteiger partial charge < -0.3 is 19.2 Å². The molecule has 0 fully saturated rings. The molecule has 2 aromatic heterocycles. The molecule has 3 heterocycles. The second-order valence-electron chi connectivity index (χ2n) is 7.24. The van der Waals surface area contributed by atoms with Crippen LogP contribution in [0.1, 0.15) is 16.8 Å². The van der Waals surface area contributed by atoms with Crippen molar-refractivity contribution < 1.29 is 14.2 Å². The summed E-state index contributed by atoms with van der Waals surface area (Å²) in [5, 5.41) is 0. The Morgan fingerprint density at radius 2 is 1.77 bits per heavy atom. The number of hydrogen-bond donors (Lipinski definition) is 1. The molecule has 31 heavy (non-hydrogen) atoms. The molecule has 3 aromatic rings. The topological polar surface area (TPSA) is 102 Å². The van der Waals surface area contributed by atoms with Gasteiger partial charge in [0.1, 0.15) is 5.69 Å². The van der Waals surface area contributed by atoms with Crippen LogP contribution in [0.5, 0.6) is 17.2 Å². The number of fused-ring (bicyclic) bond motifs is 1. The summed E-state index contributed by atoms with van der Waals surface area (Å²) in [5.41, 5.74) is 3.04. The Morgan fingerprint density at radius 3 is 2.42 bits per heavy atom. The Balaban J connectivity index is 1.55. The average Bonchev–Trinajstić information content (AvgIpc) is 3.01. The number of H-pyrrole nitrogens is 1. The van der Waals surface area contributed by atoms with Crippen molar-refractivity contribution in [2.24, 2.45) is 0 Å². The first-order valence-corrected chi connectivity index (χ1v) is 10.0. The third kappa shape index (κ3) is 4.36. The molecule has 1 N–H and O–H groups in total. The zero-order valence-electron chi connectivity index (χ0n) is 17.8. The van der Waals surface area contributed by atoms with Crippen molar-refractivity contribution >= 4 is 0 Å². The highest BCUT2D eigenvalue weighted by atomic mass is 16.5. The maximum atomic E-state index is 12.7. The van der Waals surface area contributed by atoms with Gasteiger partial charge in [-0.1, -0.05) is 0 Å². The van der Waals surface area contributed by atoms with Crippen LogP contribution in [0.15, 0.2) is 35.5 Å². The van der Waals surface area contributed by atoms with Gasteiger partial charge in [-0.05, 0) is 24.1 Å². The Labute approximate surface area is 180 Å². The molecule has 9 nitrogen and oxygen atoms in total. The lowest BCUT2D eigenvalue weighted by atomic mass is 10.1. The average molecular weight is 423 g/mol. The van der Waals surface area contributed by atoms with Crippen molar-refractivity contribution in [2.75, 3.05) is 34.4 Å². The lowest BCUT2D eigenvalue weighted by molar-refractivity contribution is 0.276. The van der Waals surface area contributed by atoms with Crippen molar-refractivity contribution in [2.45, 2.75) is 19.4 Å². The van der Waals surface area contributed by atoms with E-state index in [0.717, 1.165) is 29.9 Å². The first-order chi connectivity index (χ1) is 15.1. The van der Waals surface area contributed by atoms with E-state index in [1.54, 1.807) is 39.9 Å². The minimum absolute atomic E-state index is 0.111. The molecule has 9 heteroatoms. The molecule has 162 valence electrons. The highest BCUT2D eigenvalue weighted by Crippen LogP contribution is 2.38. The quantitative estimate of drug-likeness (QED) is 0.641. The molecule has 0 bridgehead atoms. The molecule has 0 amide bonds. The lowest BCUT2D eigenvalue weighted by Crippen LogP contribution is -2.26. The van der Waals surface area contributed by atoms with Gasteiger partial charge in [0.25, 0.3) is 5.56 Å². The van der Waals surface area contributed by atoms with E-state index in [0.29, 0.717) is 48.2 Å². The van der Waals surface area contributed by atoms with Gasteiger partial charge in [0.2, 0.25) is 5.75 Å². The van der Waals surface area contributed by atoms with Crippen LogP contribution < -0.4 is 19.8 Å². The van der Waals surface area contributed by atoms with Crippen LogP contribution in [-0.2, 0) is 19.4 Å². The summed E-state index contributed by atoms with van der Waals surface area (Å²) in [5.74, 6) is 2.28. The second-order valence-corrected chi connectivity index (χ2v) is 7.24. The smallest absolute Gasteiger partial charge is 0.254 e. The molecular weight excluding hydrogens is 398 g/mol. The zero-order chi connectivity index (χ0) is 21.8. The highest BCUT2D eigenvalue weighted by Gasteiger charge is 2.21. The first-order valence-electron chi connectivity index (χ1n) is 10.0. The normalized spacial score (nSPS) is 13.9. The van der Waals surface area contributed by atoms with E-state index >= 15 is 0 Å². The number of nitrogens with zero attached hydrogens (tertiary/aromatic N) is 4. The molecule has 0 unspecified atom stereocenters. The monoisotopic (exact) mass is 423 g/mol. The Kier molecular flexibility index (Phi) is 6.13. The van der Waals surface area contributed by atoms with Gasteiger partial charge in [0.15, 0.2) is 17.3 Å². The summed E-state index contributed by atoms with van der Waals surface area (Å²) in [6.45, 7) is 2.22. The number of aromatic nitrogens is 4. The van der Waals surface area contributed by atoms with Gasteiger partial charge in [0, 0.05) is 44.0 Å². The van der Waals surface area contributed by atoms with Crippen LogP contribution in [0, 0.1) is 0 Å². The zero-order valence-corrected chi connectivity index (χ0v) is 17.8. The summed E-state index contributed by atoms with van der Waals surface area (Å²) >= 11 is 0. The minimum atomic E-state index is -0.111. The minimum Gasteiger partial charge on any atom is -0.493 e. The summed E-state index contributed by atoms with van der Waals surface area (Å²) in [7, 11) is 4.80. The number of methoxy groups -OCH3 is 3. The van der Waals surface area contributed by atoms with Gasteiger partial charge in [-0.3, -0.25) is 14.7 Å². The fourth-order valence-electron chi connectivity index (χ4n) is 3.84. The van der Waals surface area contributed by atoms with Gasteiger partial charge in [-0.25, -0.2) is 9.97 Å². The van der Waals surface area contributed by atoms with Gasteiger partial charge in [-0.2, -0.15) is 0 Å². The second kappa shape index (κ2) is 9.13.